The maximum absolute atomic E-state index is 11.0. The Hall–Kier alpha value is -2.22. The van der Waals surface area contributed by atoms with Crippen LogP contribution >= 0.6 is 0 Å². The van der Waals surface area contributed by atoms with Crippen molar-refractivity contribution in [3.05, 3.63) is 23.8 Å². The lowest BCUT2D eigenvalue weighted by Gasteiger charge is -2.27. The summed E-state index contributed by atoms with van der Waals surface area (Å²) in [5.41, 5.74) is 0.527. The summed E-state index contributed by atoms with van der Waals surface area (Å²) in [5.74, 6) is 0.794. The van der Waals surface area contributed by atoms with Crippen LogP contribution in [-0.2, 0) is 10.2 Å². The fraction of sp³-hybridized carbons (Fsp3) is 0.429. The Bertz CT molecular complexity index is 504. The van der Waals surface area contributed by atoms with E-state index in [1.54, 1.807) is 14.2 Å². The van der Waals surface area contributed by atoms with E-state index in [0.29, 0.717) is 6.54 Å². The third-order valence-electron chi connectivity index (χ3n) is 2.93. The third kappa shape index (κ3) is 3.62. The molecule has 0 aliphatic carbocycles. The van der Waals surface area contributed by atoms with Gasteiger partial charge in [0.2, 0.25) is 0 Å². The molecule has 19 heavy (non-hydrogen) atoms. The SMILES string of the molecule is COc1ccc(OC)c(C(C)(C)CNC(=O)C#N)c1. The monoisotopic (exact) mass is 262 g/mol. The lowest BCUT2D eigenvalue weighted by Crippen LogP contribution is -2.36. The van der Waals surface area contributed by atoms with Gasteiger partial charge in [0.15, 0.2) is 6.07 Å². The predicted octanol–water partition coefficient (Wildman–Crippen LogP) is 1.62. The zero-order valence-electron chi connectivity index (χ0n) is 11.6. The van der Waals surface area contributed by atoms with Crippen LogP contribution in [0.15, 0.2) is 18.2 Å². The van der Waals surface area contributed by atoms with E-state index in [1.807, 2.05) is 32.0 Å². The first-order valence-corrected chi connectivity index (χ1v) is 5.85. The van der Waals surface area contributed by atoms with Crippen LogP contribution in [0.25, 0.3) is 0 Å². The Morgan fingerprint density at radius 2 is 2.05 bits per heavy atom. The smallest absolute Gasteiger partial charge is 0.322 e. The van der Waals surface area contributed by atoms with Crippen molar-refractivity contribution in [2.75, 3.05) is 20.8 Å². The molecule has 0 fully saturated rings. The predicted molar refractivity (Wildman–Crippen MR) is 71.2 cm³/mol. The highest BCUT2D eigenvalue weighted by atomic mass is 16.5. The van der Waals surface area contributed by atoms with Crippen LogP contribution in [0.1, 0.15) is 19.4 Å². The Labute approximate surface area is 113 Å². The molecule has 1 rings (SSSR count). The maximum Gasteiger partial charge on any atom is 0.322 e. The lowest BCUT2D eigenvalue weighted by atomic mass is 9.83. The molecule has 0 atom stereocenters. The van der Waals surface area contributed by atoms with Gasteiger partial charge in [-0.1, -0.05) is 13.8 Å². The average molecular weight is 262 g/mol. The molecule has 0 spiro atoms. The summed E-state index contributed by atoms with van der Waals surface area (Å²) >= 11 is 0. The highest BCUT2D eigenvalue weighted by molar-refractivity contribution is 5.91. The van der Waals surface area contributed by atoms with Crippen molar-refractivity contribution >= 4 is 5.91 Å². The molecule has 0 unspecified atom stereocenters. The molecule has 0 radical (unpaired) electrons. The molecule has 0 bridgehead atoms. The molecule has 102 valence electrons. The Kier molecular flexibility index (Phi) is 4.76. The molecule has 0 saturated heterocycles. The van der Waals surface area contributed by atoms with Gasteiger partial charge in [0, 0.05) is 17.5 Å². The molecule has 0 aromatic heterocycles. The average Bonchev–Trinajstić information content (AvgIpc) is 2.43. The Balaban J connectivity index is 3.04. The summed E-state index contributed by atoms with van der Waals surface area (Å²) in [4.78, 5) is 11.0. The summed E-state index contributed by atoms with van der Waals surface area (Å²) in [6.07, 6.45) is 0. The van der Waals surface area contributed by atoms with E-state index in [4.69, 9.17) is 14.7 Å². The molecular weight excluding hydrogens is 244 g/mol. The second kappa shape index (κ2) is 6.10. The maximum atomic E-state index is 11.0. The van der Waals surface area contributed by atoms with Gasteiger partial charge in [-0.15, -0.1) is 0 Å². The van der Waals surface area contributed by atoms with Gasteiger partial charge in [0.05, 0.1) is 14.2 Å². The van der Waals surface area contributed by atoms with Gasteiger partial charge in [-0.2, -0.15) is 5.26 Å². The van der Waals surface area contributed by atoms with Gasteiger partial charge in [-0.25, -0.2) is 0 Å². The second-order valence-corrected chi connectivity index (χ2v) is 4.74. The highest BCUT2D eigenvalue weighted by Crippen LogP contribution is 2.34. The normalized spacial score (nSPS) is 10.5. The Morgan fingerprint density at radius 1 is 1.37 bits per heavy atom. The van der Waals surface area contributed by atoms with Crippen LogP contribution in [0.4, 0.5) is 0 Å². The molecule has 5 nitrogen and oxygen atoms in total. The van der Waals surface area contributed by atoms with Crippen LogP contribution < -0.4 is 14.8 Å². The van der Waals surface area contributed by atoms with Crippen molar-refractivity contribution in [1.82, 2.24) is 5.32 Å². The first-order chi connectivity index (χ1) is 8.94. The first-order valence-electron chi connectivity index (χ1n) is 5.85. The van der Waals surface area contributed by atoms with Crippen molar-refractivity contribution < 1.29 is 14.3 Å². The van der Waals surface area contributed by atoms with Gasteiger partial charge < -0.3 is 14.8 Å². The Morgan fingerprint density at radius 3 is 2.58 bits per heavy atom. The molecular formula is C14H18N2O3. The molecule has 0 saturated carbocycles. The molecule has 1 N–H and O–H groups in total. The number of nitrogens with zero attached hydrogens (tertiary/aromatic N) is 1. The lowest BCUT2D eigenvalue weighted by molar-refractivity contribution is -0.116. The van der Waals surface area contributed by atoms with Crippen molar-refractivity contribution in [3.8, 4) is 17.6 Å². The van der Waals surface area contributed by atoms with E-state index < -0.39 is 5.91 Å². The highest BCUT2D eigenvalue weighted by Gasteiger charge is 2.25. The van der Waals surface area contributed by atoms with Crippen molar-refractivity contribution in [2.45, 2.75) is 19.3 Å². The number of benzene rings is 1. The van der Waals surface area contributed by atoms with Gasteiger partial charge in [0.1, 0.15) is 11.5 Å². The first kappa shape index (κ1) is 14.8. The summed E-state index contributed by atoms with van der Waals surface area (Å²) in [6.45, 7) is 4.26. The molecule has 1 aromatic carbocycles. The van der Waals surface area contributed by atoms with Gasteiger partial charge in [-0.05, 0) is 18.2 Å². The minimum atomic E-state index is -0.644. The van der Waals surface area contributed by atoms with E-state index in [2.05, 4.69) is 5.32 Å². The summed E-state index contributed by atoms with van der Waals surface area (Å²) in [5, 5.41) is 11.0. The minimum absolute atomic E-state index is 0.336. The van der Waals surface area contributed by atoms with Crippen LogP contribution in [-0.4, -0.2) is 26.7 Å². The fourth-order valence-corrected chi connectivity index (χ4v) is 1.78. The molecule has 5 heteroatoms. The van der Waals surface area contributed by atoms with Gasteiger partial charge >= 0.3 is 5.91 Å². The van der Waals surface area contributed by atoms with Crippen LogP contribution in [0.5, 0.6) is 11.5 Å². The number of amides is 1. The van der Waals surface area contributed by atoms with E-state index in [-0.39, 0.29) is 5.41 Å². The van der Waals surface area contributed by atoms with E-state index in [9.17, 15) is 4.79 Å². The topological polar surface area (TPSA) is 71.3 Å². The van der Waals surface area contributed by atoms with Crippen molar-refractivity contribution in [1.29, 1.82) is 5.26 Å². The number of nitrogens with one attached hydrogen (secondary N) is 1. The van der Waals surface area contributed by atoms with E-state index >= 15 is 0 Å². The molecule has 0 aliphatic heterocycles. The second-order valence-electron chi connectivity index (χ2n) is 4.74. The zero-order chi connectivity index (χ0) is 14.5. The zero-order valence-corrected chi connectivity index (χ0v) is 11.6. The number of nitriles is 1. The van der Waals surface area contributed by atoms with Gasteiger partial charge in [-0.3, -0.25) is 4.79 Å². The van der Waals surface area contributed by atoms with Crippen LogP contribution in [0.2, 0.25) is 0 Å². The van der Waals surface area contributed by atoms with Crippen molar-refractivity contribution in [3.63, 3.8) is 0 Å². The summed E-state index contributed by atoms with van der Waals surface area (Å²) < 4.78 is 10.5. The number of rotatable bonds is 5. The number of carbonyl (C=O) groups excluding carboxylic acids is 1. The number of carbonyl (C=O) groups is 1. The molecule has 0 aliphatic rings. The molecule has 1 aromatic rings. The molecule has 0 heterocycles. The third-order valence-corrected chi connectivity index (χ3v) is 2.93. The van der Waals surface area contributed by atoms with Crippen molar-refractivity contribution in [2.24, 2.45) is 0 Å². The number of ether oxygens (including phenoxy) is 2. The quantitative estimate of drug-likeness (QED) is 0.818. The summed E-state index contributed by atoms with van der Waals surface area (Å²) in [7, 11) is 3.19. The number of methoxy groups -OCH3 is 2. The van der Waals surface area contributed by atoms with Crippen LogP contribution in [0.3, 0.4) is 0 Å². The number of hydrogen-bond donors (Lipinski definition) is 1. The molecule has 1 amide bonds. The van der Waals surface area contributed by atoms with E-state index in [1.165, 1.54) is 6.07 Å². The fourth-order valence-electron chi connectivity index (χ4n) is 1.78. The largest absolute Gasteiger partial charge is 0.497 e. The number of hydrogen-bond acceptors (Lipinski definition) is 4. The minimum Gasteiger partial charge on any atom is -0.497 e. The van der Waals surface area contributed by atoms with E-state index in [0.717, 1.165) is 17.1 Å². The van der Waals surface area contributed by atoms with Gasteiger partial charge in [0.25, 0.3) is 0 Å². The van der Waals surface area contributed by atoms with Crippen LogP contribution in [0, 0.1) is 11.3 Å². The standard InChI is InChI=1S/C14H18N2O3/c1-14(2,9-16-13(17)8-15)11-7-10(18-3)5-6-12(11)19-4/h5-7H,9H2,1-4H3,(H,16,17). The summed E-state index contributed by atoms with van der Waals surface area (Å²) in [6, 6.07) is 7.04.